The van der Waals surface area contributed by atoms with E-state index in [2.05, 4.69) is 0 Å². The second-order valence-electron chi connectivity index (χ2n) is 5.15. The lowest BCUT2D eigenvalue weighted by Crippen LogP contribution is -2.50. The van der Waals surface area contributed by atoms with Gasteiger partial charge >= 0.3 is 5.97 Å². The number of rotatable bonds is 2. The molecule has 0 saturated carbocycles. The first-order valence-corrected chi connectivity index (χ1v) is 6.34. The van der Waals surface area contributed by atoms with Crippen LogP contribution in [0.3, 0.4) is 0 Å². The van der Waals surface area contributed by atoms with Gasteiger partial charge in [0.25, 0.3) is 5.91 Å². The zero-order valence-corrected chi connectivity index (χ0v) is 11.1. The normalized spacial score (nSPS) is 17.9. The molecule has 0 radical (unpaired) electrons. The summed E-state index contributed by atoms with van der Waals surface area (Å²) in [5, 5.41) is 18.7. The molecule has 20 heavy (non-hydrogen) atoms. The average molecular weight is 281 g/mol. The lowest BCUT2D eigenvalue weighted by Gasteiger charge is -2.35. The summed E-state index contributed by atoms with van der Waals surface area (Å²) in [6, 6.07) is 4.08. The number of hydrogen-bond acceptors (Lipinski definition) is 3. The lowest BCUT2D eigenvalue weighted by molar-refractivity contribution is -0.162. The molecular formula is C14H16FNO4. The molecular weight excluding hydrogens is 265 g/mol. The zero-order chi connectivity index (χ0) is 14.9. The first-order valence-electron chi connectivity index (χ1n) is 6.34. The number of nitrogens with zero attached hydrogens (tertiary/aromatic N) is 1. The van der Waals surface area contributed by atoms with Crippen molar-refractivity contribution in [3.8, 4) is 0 Å². The van der Waals surface area contributed by atoms with Crippen LogP contribution in [0.1, 0.15) is 28.8 Å². The van der Waals surface area contributed by atoms with Crippen LogP contribution in [0.4, 0.5) is 4.39 Å². The van der Waals surface area contributed by atoms with Gasteiger partial charge in [-0.1, -0.05) is 0 Å². The molecule has 0 spiro atoms. The van der Waals surface area contributed by atoms with E-state index >= 15 is 0 Å². The van der Waals surface area contributed by atoms with Gasteiger partial charge in [0.05, 0.1) is 0 Å². The molecule has 0 atom stereocenters. The summed E-state index contributed by atoms with van der Waals surface area (Å²) in [5.74, 6) is -2.10. The van der Waals surface area contributed by atoms with Crippen LogP contribution in [0.15, 0.2) is 18.2 Å². The monoisotopic (exact) mass is 281 g/mol. The van der Waals surface area contributed by atoms with E-state index in [1.54, 1.807) is 13.0 Å². The van der Waals surface area contributed by atoms with Crippen molar-refractivity contribution in [1.82, 2.24) is 4.90 Å². The van der Waals surface area contributed by atoms with Crippen LogP contribution in [0, 0.1) is 12.7 Å². The standard InChI is InChI=1S/C14H16FNO4/c1-9-6-10(8-11(15)7-9)12(17)16-4-2-14(20,3-5-16)13(18)19/h6-8,20H,2-5H2,1H3,(H,18,19). The van der Waals surface area contributed by atoms with Gasteiger partial charge in [0, 0.05) is 31.5 Å². The number of aliphatic hydroxyl groups is 1. The van der Waals surface area contributed by atoms with E-state index in [-0.39, 0.29) is 37.4 Å². The Labute approximate surface area is 115 Å². The molecule has 0 aliphatic carbocycles. The smallest absolute Gasteiger partial charge is 0.335 e. The molecule has 1 aromatic carbocycles. The number of amides is 1. The molecule has 0 unspecified atom stereocenters. The third kappa shape index (κ3) is 2.80. The highest BCUT2D eigenvalue weighted by molar-refractivity contribution is 5.94. The van der Waals surface area contributed by atoms with Crippen molar-refractivity contribution in [2.45, 2.75) is 25.4 Å². The summed E-state index contributed by atoms with van der Waals surface area (Å²) in [6.45, 7) is 1.97. The quantitative estimate of drug-likeness (QED) is 0.853. The van der Waals surface area contributed by atoms with Gasteiger partial charge in [-0.25, -0.2) is 9.18 Å². The second-order valence-corrected chi connectivity index (χ2v) is 5.15. The molecule has 2 rings (SSSR count). The zero-order valence-electron chi connectivity index (χ0n) is 11.1. The van der Waals surface area contributed by atoms with Crippen LogP contribution in [0.2, 0.25) is 0 Å². The van der Waals surface area contributed by atoms with Gasteiger partial charge in [-0.3, -0.25) is 4.79 Å². The summed E-state index contributed by atoms with van der Waals surface area (Å²) in [4.78, 5) is 24.6. The molecule has 0 bridgehead atoms. The van der Waals surface area contributed by atoms with Crippen LogP contribution in [-0.4, -0.2) is 45.7 Å². The number of likely N-dealkylation sites (tertiary alicyclic amines) is 1. The Kier molecular flexibility index (Phi) is 3.76. The third-order valence-electron chi connectivity index (χ3n) is 3.56. The third-order valence-corrected chi connectivity index (χ3v) is 3.56. The maximum atomic E-state index is 13.3. The minimum absolute atomic E-state index is 0.0254. The van der Waals surface area contributed by atoms with E-state index < -0.39 is 17.4 Å². The minimum Gasteiger partial charge on any atom is -0.479 e. The van der Waals surface area contributed by atoms with Crippen LogP contribution in [0.5, 0.6) is 0 Å². The van der Waals surface area contributed by atoms with E-state index in [0.29, 0.717) is 5.56 Å². The Hall–Kier alpha value is -1.95. The minimum atomic E-state index is -1.77. The molecule has 1 saturated heterocycles. The Morgan fingerprint density at radius 3 is 2.35 bits per heavy atom. The van der Waals surface area contributed by atoms with Crippen molar-refractivity contribution in [2.75, 3.05) is 13.1 Å². The van der Waals surface area contributed by atoms with Crippen molar-refractivity contribution in [3.63, 3.8) is 0 Å². The van der Waals surface area contributed by atoms with Gasteiger partial charge in [-0.2, -0.15) is 0 Å². The summed E-state index contributed by atoms with van der Waals surface area (Å²) < 4.78 is 13.3. The van der Waals surface area contributed by atoms with Gasteiger partial charge < -0.3 is 15.1 Å². The molecule has 1 fully saturated rings. The molecule has 1 aromatic rings. The van der Waals surface area contributed by atoms with Crippen LogP contribution < -0.4 is 0 Å². The van der Waals surface area contributed by atoms with Gasteiger partial charge in [-0.15, -0.1) is 0 Å². The number of carbonyl (C=O) groups is 2. The summed E-state index contributed by atoms with van der Waals surface area (Å²) in [5.41, 5.74) is -0.884. The Morgan fingerprint density at radius 1 is 1.25 bits per heavy atom. The Bertz CT molecular complexity index is 530. The number of hydrogen-bond donors (Lipinski definition) is 2. The molecule has 1 heterocycles. The highest BCUT2D eigenvalue weighted by atomic mass is 19.1. The van der Waals surface area contributed by atoms with Crippen molar-refractivity contribution in [3.05, 3.63) is 35.1 Å². The number of halogens is 1. The molecule has 6 heteroatoms. The van der Waals surface area contributed by atoms with Crippen LogP contribution >= 0.6 is 0 Å². The number of aliphatic carboxylic acids is 1. The number of carboxylic acid groups (broad SMARTS) is 1. The highest BCUT2D eigenvalue weighted by Crippen LogP contribution is 2.24. The largest absolute Gasteiger partial charge is 0.479 e. The molecule has 5 nitrogen and oxygen atoms in total. The molecule has 1 aliphatic rings. The molecule has 0 aromatic heterocycles. The van der Waals surface area contributed by atoms with Crippen LogP contribution in [-0.2, 0) is 4.79 Å². The number of benzene rings is 1. The topological polar surface area (TPSA) is 77.8 Å². The molecule has 108 valence electrons. The summed E-state index contributed by atoms with van der Waals surface area (Å²) in [7, 11) is 0. The SMILES string of the molecule is Cc1cc(F)cc(C(=O)N2CCC(O)(C(=O)O)CC2)c1. The fourth-order valence-electron chi connectivity index (χ4n) is 2.34. The Morgan fingerprint density at radius 2 is 1.85 bits per heavy atom. The van der Waals surface area contributed by atoms with Crippen molar-refractivity contribution in [2.24, 2.45) is 0 Å². The fraction of sp³-hybridized carbons (Fsp3) is 0.429. The predicted octanol–water partition coefficient (Wildman–Crippen LogP) is 1.19. The second kappa shape index (κ2) is 5.20. The maximum absolute atomic E-state index is 13.3. The Balaban J connectivity index is 2.10. The number of carbonyl (C=O) groups excluding carboxylic acids is 1. The number of aryl methyl sites for hydroxylation is 1. The molecule has 2 N–H and O–H groups in total. The lowest BCUT2D eigenvalue weighted by atomic mass is 9.91. The number of carboxylic acids is 1. The van der Waals surface area contributed by atoms with Crippen molar-refractivity contribution < 1.29 is 24.2 Å². The van der Waals surface area contributed by atoms with Crippen molar-refractivity contribution in [1.29, 1.82) is 0 Å². The van der Waals surface area contributed by atoms with Gasteiger partial charge in [0.15, 0.2) is 5.60 Å². The van der Waals surface area contributed by atoms with E-state index in [0.717, 1.165) is 6.07 Å². The average Bonchev–Trinajstić information content (AvgIpc) is 2.37. The van der Waals surface area contributed by atoms with Gasteiger partial charge in [-0.05, 0) is 30.7 Å². The van der Waals surface area contributed by atoms with Gasteiger partial charge in [0.1, 0.15) is 5.82 Å². The first kappa shape index (κ1) is 14.5. The molecule has 1 amide bonds. The summed E-state index contributed by atoms with van der Waals surface area (Å²) >= 11 is 0. The van der Waals surface area contributed by atoms with Gasteiger partial charge in [0.2, 0.25) is 0 Å². The van der Waals surface area contributed by atoms with E-state index in [1.807, 2.05) is 0 Å². The number of piperidine rings is 1. The first-order chi connectivity index (χ1) is 9.32. The fourth-order valence-corrected chi connectivity index (χ4v) is 2.34. The predicted molar refractivity (Wildman–Crippen MR) is 68.9 cm³/mol. The van der Waals surface area contributed by atoms with E-state index in [1.165, 1.54) is 11.0 Å². The van der Waals surface area contributed by atoms with E-state index in [4.69, 9.17) is 5.11 Å². The summed E-state index contributed by atoms with van der Waals surface area (Å²) in [6.07, 6.45) is -0.0509. The van der Waals surface area contributed by atoms with Crippen molar-refractivity contribution >= 4 is 11.9 Å². The molecule has 1 aliphatic heterocycles. The maximum Gasteiger partial charge on any atom is 0.335 e. The van der Waals surface area contributed by atoms with E-state index in [9.17, 15) is 19.1 Å². The van der Waals surface area contributed by atoms with Crippen LogP contribution in [0.25, 0.3) is 0 Å². The highest BCUT2D eigenvalue weighted by Gasteiger charge is 2.40.